The van der Waals surface area contributed by atoms with E-state index >= 15 is 0 Å². The fourth-order valence-corrected chi connectivity index (χ4v) is 2.50. The second kappa shape index (κ2) is 7.04. The van der Waals surface area contributed by atoms with E-state index in [1.165, 1.54) is 6.08 Å². The van der Waals surface area contributed by atoms with E-state index in [0.29, 0.717) is 15.6 Å². The number of hydrogen-bond acceptors (Lipinski definition) is 2. The van der Waals surface area contributed by atoms with Crippen molar-refractivity contribution in [2.24, 2.45) is 0 Å². The molecule has 0 unspecified atom stereocenters. The average molecular weight is 357 g/mol. The van der Waals surface area contributed by atoms with Crippen molar-refractivity contribution in [1.29, 1.82) is 0 Å². The first-order valence-corrected chi connectivity index (χ1v) is 8.08. The van der Waals surface area contributed by atoms with E-state index in [4.69, 9.17) is 23.2 Å². The van der Waals surface area contributed by atoms with Gasteiger partial charge in [0.25, 0.3) is 0 Å². The predicted molar refractivity (Wildman–Crippen MR) is 98.6 cm³/mol. The van der Waals surface area contributed by atoms with Crippen LogP contribution in [0.5, 0.6) is 0 Å². The standard InChI is InChI=1S/C19H14Cl2N2O/c1-12-2-4-13(5-3-12)19(24)9-7-15-11-18(23-22-15)14-6-8-16(20)17(21)10-14/h2-11H,1H3,(H,22,23)/b9-7+. The third kappa shape index (κ3) is 3.75. The van der Waals surface area contributed by atoms with Crippen LogP contribution >= 0.6 is 23.2 Å². The maximum absolute atomic E-state index is 12.1. The Morgan fingerprint density at radius 2 is 1.79 bits per heavy atom. The summed E-state index contributed by atoms with van der Waals surface area (Å²) in [4.78, 5) is 12.1. The summed E-state index contributed by atoms with van der Waals surface area (Å²) >= 11 is 11.9. The Labute approximate surface area is 149 Å². The van der Waals surface area contributed by atoms with Crippen molar-refractivity contribution in [3.8, 4) is 11.3 Å². The molecular weight excluding hydrogens is 343 g/mol. The van der Waals surface area contributed by atoms with Gasteiger partial charge in [-0.25, -0.2) is 0 Å². The van der Waals surface area contributed by atoms with Crippen LogP contribution in [0.2, 0.25) is 10.0 Å². The molecule has 120 valence electrons. The minimum Gasteiger partial charge on any atom is -0.289 e. The molecule has 3 nitrogen and oxygen atoms in total. The zero-order chi connectivity index (χ0) is 17.1. The van der Waals surface area contributed by atoms with Gasteiger partial charge in [0, 0.05) is 11.1 Å². The number of H-pyrrole nitrogens is 1. The van der Waals surface area contributed by atoms with Crippen LogP contribution in [0.15, 0.2) is 54.6 Å². The maximum atomic E-state index is 12.1. The Morgan fingerprint density at radius 3 is 2.50 bits per heavy atom. The SMILES string of the molecule is Cc1ccc(C(=O)/C=C/c2cc(-c3ccc(Cl)c(Cl)c3)n[nH]2)cc1. The number of hydrogen-bond donors (Lipinski definition) is 1. The van der Waals surface area contributed by atoms with Gasteiger partial charge in [-0.2, -0.15) is 5.10 Å². The van der Waals surface area contributed by atoms with Gasteiger partial charge in [0.1, 0.15) is 0 Å². The molecule has 0 aliphatic rings. The maximum Gasteiger partial charge on any atom is 0.185 e. The van der Waals surface area contributed by atoms with Crippen LogP contribution in [-0.4, -0.2) is 16.0 Å². The quantitative estimate of drug-likeness (QED) is 0.489. The van der Waals surface area contributed by atoms with Crippen LogP contribution in [0, 0.1) is 6.92 Å². The molecule has 2 aromatic carbocycles. The first-order valence-electron chi connectivity index (χ1n) is 7.33. The number of ketones is 1. The number of carbonyl (C=O) groups excluding carboxylic acids is 1. The zero-order valence-electron chi connectivity index (χ0n) is 12.9. The number of carbonyl (C=O) groups is 1. The predicted octanol–water partition coefficient (Wildman–Crippen LogP) is 5.59. The number of nitrogens with one attached hydrogen (secondary N) is 1. The topological polar surface area (TPSA) is 45.8 Å². The van der Waals surface area contributed by atoms with Gasteiger partial charge in [-0.1, -0.05) is 59.1 Å². The molecule has 0 bridgehead atoms. The summed E-state index contributed by atoms with van der Waals surface area (Å²) in [7, 11) is 0. The number of nitrogens with zero attached hydrogens (tertiary/aromatic N) is 1. The Hall–Kier alpha value is -2.36. The number of aromatic amines is 1. The molecule has 0 amide bonds. The van der Waals surface area contributed by atoms with Crippen molar-refractivity contribution >= 4 is 35.1 Å². The van der Waals surface area contributed by atoms with Gasteiger partial charge >= 0.3 is 0 Å². The molecule has 3 aromatic rings. The van der Waals surface area contributed by atoms with Gasteiger partial charge in [-0.3, -0.25) is 9.89 Å². The molecule has 3 rings (SSSR count). The van der Waals surface area contributed by atoms with Crippen molar-refractivity contribution < 1.29 is 4.79 Å². The highest BCUT2D eigenvalue weighted by Crippen LogP contribution is 2.27. The number of rotatable bonds is 4. The van der Waals surface area contributed by atoms with Gasteiger partial charge in [-0.05, 0) is 37.3 Å². The van der Waals surface area contributed by atoms with Crippen LogP contribution in [0.1, 0.15) is 21.6 Å². The Morgan fingerprint density at radius 1 is 1.04 bits per heavy atom. The average Bonchev–Trinajstić information content (AvgIpc) is 3.05. The van der Waals surface area contributed by atoms with Gasteiger partial charge in [0.2, 0.25) is 0 Å². The highest BCUT2D eigenvalue weighted by molar-refractivity contribution is 6.42. The lowest BCUT2D eigenvalue weighted by Crippen LogP contribution is -1.93. The highest BCUT2D eigenvalue weighted by atomic mass is 35.5. The van der Waals surface area contributed by atoms with Gasteiger partial charge < -0.3 is 0 Å². The molecule has 1 N–H and O–H groups in total. The minimum absolute atomic E-state index is 0.0549. The van der Waals surface area contributed by atoms with E-state index in [2.05, 4.69) is 10.2 Å². The van der Waals surface area contributed by atoms with E-state index in [-0.39, 0.29) is 5.78 Å². The fourth-order valence-electron chi connectivity index (χ4n) is 2.20. The molecule has 1 heterocycles. The number of halogens is 2. The number of benzene rings is 2. The van der Waals surface area contributed by atoms with E-state index in [9.17, 15) is 4.79 Å². The number of allylic oxidation sites excluding steroid dienone is 1. The van der Waals surface area contributed by atoms with Crippen molar-refractivity contribution in [2.75, 3.05) is 0 Å². The third-order valence-electron chi connectivity index (χ3n) is 3.56. The van der Waals surface area contributed by atoms with E-state index < -0.39 is 0 Å². The van der Waals surface area contributed by atoms with Crippen molar-refractivity contribution in [2.45, 2.75) is 6.92 Å². The summed E-state index contributed by atoms with van der Waals surface area (Å²) in [5.41, 5.74) is 4.09. The van der Waals surface area contributed by atoms with Crippen molar-refractivity contribution in [3.63, 3.8) is 0 Å². The largest absolute Gasteiger partial charge is 0.289 e. The first kappa shape index (κ1) is 16.5. The van der Waals surface area contributed by atoms with Crippen LogP contribution in [0.25, 0.3) is 17.3 Å². The van der Waals surface area contributed by atoms with E-state index in [0.717, 1.165) is 22.5 Å². The molecule has 0 aliphatic carbocycles. The molecular formula is C19H14Cl2N2O. The second-order valence-corrected chi connectivity index (χ2v) is 6.22. The molecule has 0 fully saturated rings. The number of aryl methyl sites for hydroxylation is 1. The van der Waals surface area contributed by atoms with Crippen LogP contribution in [-0.2, 0) is 0 Å². The smallest absolute Gasteiger partial charge is 0.185 e. The van der Waals surface area contributed by atoms with Crippen LogP contribution in [0.3, 0.4) is 0 Å². The number of aromatic nitrogens is 2. The van der Waals surface area contributed by atoms with Gasteiger partial charge in [0.05, 0.1) is 21.4 Å². The Kier molecular flexibility index (Phi) is 4.84. The lowest BCUT2D eigenvalue weighted by Gasteiger charge is -1.98. The fraction of sp³-hybridized carbons (Fsp3) is 0.0526. The molecule has 0 aliphatic heterocycles. The summed E-state index contributed by atoms with van der Waals surface area (Å²) in [5, 5.41) is 8.09. The zero-order valence-corrected chi connectivity index (χ0v) is 14.4. The Bertz CT molecular complexity index is 911. The van der Waals surface area contributed by atoms with Crippen molar-refractivity contribution in [1.82, 2.24) is 10.2 Å². The van der Waals surface area contributed by atoms with Crippen molar-refractivity contribution in [3.05, 3.63) is 81.5 Å². The monoisotopic (exact) mass is 356 g/mol. The lowest BCUT2D eigenvalue weighted by molar-refractivity contribution is 0.104. The summed E-state index contributed by atoms with van der Waals surface area (Å²) in [5.74, 6) is -0.0549. The molecule has 0 atom stereocenters. The van der Waals surface area contributed by atoms with Gasteiger partial charge in [-0.15, -0.1) is 0 Å². The van der Waals surface area contributed by atoms with E-state index in [1.807, 2.05) is 43.3 Å². The molecule has 0 saturated carbocycles. The molecule has 0 radical (unpaired) electrons. The minimum atomic E-state index is -0.0549. The highest BCUT2D eigenvalue weighted by Gasteiger charge is 2.06. The second-order valence-electron chi connectivity index (χ2n) is 5.40. The summed E-state index contributed by atoms with van der Waals surface area (Å²) in [6.07, 6.45) is 3.23. The van der Waals surface area contributed by atoms with Gasteiger partial charge in [0.15, 0.2) is 5.78 Å². The van der Waals surface area contributed by atoms with Crippen LogP contribution < -0.4 is 0 Å². The molecule has 24 heavy (non-hydrogen) atoms. The summed E-state index contributed by atoms with van der Waals surface area (Å²) in [6.45, 7) is 1.99. The summed E-state index contributed by atoms with van der Waals surface area (Å²) in [6, 6.07) is 14.6. The Balaban J connectivity index is 1.77. The normalized spacial score (nSPS) is 11.1. The molecule has 0 spiro atoms. The lowest BCUT2D eigenvalue weighted by atomic mass is 10.1. The first-order chi connectivity index (χ1) is 11.5. The van der Waals surface area contributed by atoms with Crippen LogP contribution in [0.4, 0.5) is 0 Å². The summed E-state index contributed by atoms with van der Waals surface area (Å²) < 4.78 is 0. The van der Waals surface area contributed by atoms with E-state index in [1.54, 1.807) is 18.2 Å². The third-order valence-corrected chi connectivity index (χ3v) is 4.30. The molecule has 1 aromatic heterocycles. The molecule has 0 saturated heterocycles. The molecule has 5 heteroatoms.